The molecule has 2 aliphatic heterocycles. The fourth-order valence-corrected chi connectivity index (χ4v) is 7.30. The van der Waals surface area contributed by atoms with Crippen LogP contribution in [0.5, 0.6) is 0 Å². The van der Waals surface area contributed by atoms with Crippen LogP contribution < -0.4 is 4.90 Å². The first-order valence-corrected chi connectivity index (χ1v) is 14.0. The molecular formula is C22H25ClN2O5S2. The molecule has 4 rings (SSSR count). The van der Waals surface area contributed by atoms with Gasteiger partial charge >= 0.3 is 0 Å². The summed E-state index contributed by atoms with van der Waals surface area (Å²) in [6, 6.07) is 12.8. The molecule has 1 spiro atoms. The maximum absolute atomic E-state index is 13.3. The fraction of sp³-hybridized carbons (Fsp3) is 0.409. The Morgan fingerprint density at radius 2 is 1.50 bits per heavy atom. The first kappa shape index (κ1) is 23.2. The molecule has 2 aromatic carbocycles. The third kappa shape index (κ3) is 3.96. The molecule has 0 unspecified atom stereocenters. The SMILES string of the molecule is CCS(=O)(=O)c1ccc(N2CCC3(CCN(S(=O)(=O)c4ccccc4Cl)CC3)C2=O)cc1. The van der Waals surface area contributed by atoms with Gasteiger partial charge in [-0.2, -0.15) is 4.31 Å². The number of sulfone groups is 1. The number of halogens is 1. The molecule has 0 saturated carbocycles. The molecule has 0 aliphatic carbocycles. The fourth-order valence-electron chi connectivity index (χ4n) is 4.48. The molecule has 2 fully saturated rings. The molecule has 2 aromatic rings. The van der Waals surface area contributed by atoms with Gasteiger partial charge in [0.1, 0.15) is 4.90 Å². The van der Waals surface area contributed by atoms with Crippen LogP contribution in [0.4, 0.5) is 5.69 Å². The van der Waals surface area contributed by atoms with Crippen molar-refractivity contribution in [1.29, 1.82) is 0 Å². The lowest BCUT2D eigenvalue weighted by atomic mass is 9.77. The first-order chi connectivity index (χ1) is 15.1. The minimum Gasteiger partial charge on any atom is -0.312 e. The smallest absolute Gasteiger partial charge is 0.244 e. The van der Waals surface area contributed by atoms with Gasteiger partial charge in [0, 0.05) is 25.3 Å². The number of anilines is 1. The summed E-state index contributed by atoms with van der Waals surface area (Å²) in [6.45, 7) is 2.62. The van der Waals surface area contributed by atoms with Crippen LogP contribution in [0.3, 0.4) is 0 Å². The van der Waals surface area contributed by atoms with Crippen LogP contribution in [-0.2, 0) is 24.7 Å². The van der Waals surface area contributed by atoms with Crippen molar-refractivity contribution >= 4 is 43.1 Å². The van der Waals surface area contributed by atoms with Gasteiger partial charge in [-0.25, -0.2) is 16.8 Å². The number of hydrogen-bond acceptors (Lipinski definition) is 5. The van der Waals surface area contributed by atoms with Crippen LogP contribution in [0.15, 0.2) is 58.3 Å². The Balaban J connectivity index is 1.49. The molecule has 2 aliphatic rings. The average Bonchev–Trinajstić information content (AvgIpc) is 3.10. The topological polar surface area (TPSA) is 91.8 Å². The Kier molecular flexibility index (Phi) is 6.13. The molecule has 2 saturated heterocycles. The number of carbonyl (C=O) groups is 1. The molecule has 0 atom stereocenters. The second kappa shape index (κ2) is 8.44. The van der Waals surface area contributed by atoms with Crippen molar-refractivity contribution in [3.63, 3.8) is 0 Å². The van der Waals surface area contributed by atoms with E-state index in [1.807, 2.05) is 0 Å². The first-order valence-electron chi connectivity index (χ1n) is 10.5. The van der Waals surface area contributed by atoms with E-state index in [1.54, 1.807) is 42.2 Å². The molecular weight excluding hydrogens is 472 g/mol. The Labute approximate surface area is 193 Å². The van der Waals surface area contributed by atoms with E-state index in [2.05, 4.69) is 0 Å². The second-order valence-corrected chi connectivity index (χ2v) is 12.8. The van der Waals surface area contributed by atoms with Crippen LogP contribution in [-0.4, -0.2) is 52.4 Å². The van der Waals surface area contributed by atoms with Crippen molar-refractivity contribution in [2.45, 2.75) is 36.0 Å². The van der Waals surface area contributed by atoms with Gasteiger partial charge in [-0.3, -0.25) is 4.79 Å². The maximum Gasteiger partial charge on any atom is 0.244 e. The molecule has 2 heterocycles. The van der Waals surface area contributed by atoms with Crippen molar-refractivity contribution in [2.75, 3.05) is 30.3 Å². The number of nitrogens with zero attached hydrogens (tertiary/aromatic N) is 2. The minimum absolute atomic E-state index is 0.0195. The molecule has 0 aromatic heterocycles. The van der Waals surface area contributed by atoms with Gasteiger partial charge in [-0.15, -0.1) is 0 Å². The predicted molar refractivity (Wildman–Crippen MR) is 123 cm³/mol. The zero-order valence-corrected chi connectivity index (χ0v) is 20.1. The number of carbonyl (C=O) groups excluding carboxylic acids is 1. The molecule has 0 bridgehead atoms. The van der Waals surface area contributed by atoms with Gasteiger partial charge < -0.3 is 4.90 Å². The summed E-state index contributed by atoms with van der Waals surface area (Å²) in [5.74, 6) is -0.00972. The lowest BCUT2D eigenvalue weighted by Crippen LogP contribution is -2.46. The monoisotopic (exact) mass is 496 g/mol. The zero-order chi connectivity index (χ0) is 23.1. The Bertz CT molecular complexity index is 1240. The Morgan fingerprint density at radius 1 is 0.906 bits per heavy atom. The lowest BCUT2D eigenvalue weighted by molar-refractivity contribution is -0.127. The average molecular weight is 497 g/mol. The van der Waals surface area contributed by atoms with Gasteiger partial charge in [0.2, 0.25) is 15.9 Å². The van der Waals surface area contributed by atoms with E-state index in [4.69, 9.17) is 11.6 Å². The van der Waals surface area contributed by atoms with Crippen LogP contribution in [0.25, 0.3) is 0 Å². The quantitative estimate of drug-likeness (QED) is 0.633. The third-order valence-electron chi connectivity index (χ3n) is 6.53. The molecule has 0 radical (unpaired) electrons. The molecule has 0 N–H and O–H groups in total. The van der Waals surface area contributed by atoms with E-state index in [0.29, 0.717) is 31.5 Å². The highest BCUT2D eigenvalue weighted by atomic mass is 35.5. The summed E-state index contributed by atoms with van der Waals surface area (Å²) in [7, 11) is -7.02. The highest BCUT2D eigenvalue weighted by Crippen LogP contribution is 2.44. The number of piperidine rings is 1. The Morgan fingerprint density at radius 3 is 2.09 bits per heavy atom. The largest absolute Gasteiger partial charge is 0.312 e. The lowest BCUT2D eigenvalue weighted by Gasteiger charge is -2.37. The summed E-state index contributed by atoms with van der Waals surface area (Å²) >= 11 is 6.10. The van der Waals surface area contributed by atoms with Crippen molar-refractivity contribution in [1.82, 2.24) is 4.31 Å². The number of sulfonamides is 1. The minimum atomic E-state index is -3.72. The van der Waals surface area contributed by atoms with E-state index in [0.717, 1.165) is 0 Å². The van der Waals surface area contributed by atoms with E-state index < -0.39 is 25.3 Å². The maximum atomic E-state index is 13.3. The number of benzene rings is 2. The van der Waals surface area contributed by atoms with Crippen molar-refractivity contribution in [3.05, 3.63) is 53.6 Å². The third-order valence-corrected chi connectivity index (χ3v) is 10.7. The molecule has 1 amide bonds. The summed E-state index contributed by atoms with van der Waals surface area (Å²) in [6.07, 6.45) is 1.52. The zero-order valence-electron chi connectivity index (χ0n) is 17.7. The second-order valence-electron chi connectivity index (χ2n) is 8.22. The molecule has 172 valence electrons. The molecule has 10 heteroatoms. The Hall–Kier alpha value is -1.94. The van der Waals surface area contributed by atoms with Gasteiger partial charge in [0.15, 0.2) is 9.84 Å². The molecule has 7 nitrogen and oxygen atoms in total. The van der Waals surface area contributed by atoms with E-state index in [9.17, 15) is 21.6 Å². The van der Waals surface area contributed by atoms with E-state index in [-0.39, 0.29) is 39.6 Å². The normalized spacial score (nSPS) is 19.6. The summed E-state index contributed by atoms with van der Waals surface area (Å²) in [5, 5.41) is 0.185. The van der Waals surface area contributed by atoms with Crippen LogP contribution in [0.1, 0.15) is 26.2 Å². The van der Waals surface area contributed by atoms with Crippen molar-refractivity contribution in [3.8, 4) is 0 Å². The number of rotatable bonds is 5. The van der Waals surface area contributed by atoms with Crippen molar-refractivity contribution < 1.29 is 21.6 Å². The van der Waals surface area contributed by atoms with Crippen LogP contribution >= 0.6 is 11.6 Å². The standard InChI is InChI=1S/C22H25ClN2O5S2/c1-2-31(27,28)18-9-7-17(8-10-18)25-16-13-22(21(25)26)11-14-24(15-12-22)32(29,30)20-6-4-3-5-19(20)23/h3-10H,2,11-16H2,1H3. The van der Waals surface area contributed by atoms with Crippen LogP contribution in [0.2, 0.25) is 5.02 Å². The van der Waals surface area contributed by atoms with E-state index >= 15 is 0 Å². The summed E-state index contributed by atoms with van der Waals surface area (Å²) < 4.78 is 51.5. The number of amides is 1. The van der Waals surface area contributed by atoms with Gasteiger partial charge in [-0.05, 0) is 55.7 Å². The highest BCUT2D eigenvalue weighted by Gasteiger charge is 2.50. The highest BCUT2D eigenvalue weighted by molar-refractivity contribution is 7.91. The van der Waals surface area contributed by atoms with Crippen molar-refractivity contribution in [2.24, 2.45) is 5.41 Å². The summed E-state index contributed by atoms with van der Waals surface area (Å²) in [4.78, 5) is 15.3. The van der Waals surface area contributed by atoms with Gasteiger partial charge in [0.25, 0.3) is 0 Å². The van der Waals surface area contributed by atoms with Crippen LogP contribution in [0, 0.1) is 5.41 Å². The van der Waals surface area contributed by atoms with Gasteiger partial charge in [0.05, 0.1) is 21.1 Å². The number of hydrogen-bond donors (Lipinski definition) is 0. The van der Waals surface area contributed by atoms with Gasteiger partial charge in [-0.1, -0.05) is 30.7 Å². The summed E-state index contributed by atoms with van der Waals surface area (Å²) in [5.41, 5.74) is 0.0637. The molecule has 32 heavy (non-hydrogen) atoms. The van der Waals surface area contributed by atoms with E-state index in [1.165, 1.54) is 22.5 Å². The predicted octanol–water partition coefficient (Wildman–Crippen LogP) is 3.34.